The first-order valence-electron chi connectivity index (χ1n) is 6.25. The van der Waals surface area contributed by atoms with Crippen LogP contribution in [-0.2, 0) is 4.79 Å². The molecule has 0 aliphatic heterocycles. The van der Waals surface area contributed by atoms with E-state index in [2.05, 4.69) is 5.32 Å². The van der Waals surface area contributed by atoms with E-state index in [0.29, 0.717) is 12.5 Å². The van der Waals surface area contributed by atoms with E-state index in [1.165, 1.54) is 12.1 Å². The molecular formula is C14H18FNO. The lowest BCUT2D eigenvalue weighted by Gasteiger charge is -2.16. The van der Waals surface area contributed by atoms with E-state index in [0.717, 1.165) is 24.8 Å². The molecular weight excluding hydrogens is 217 g/mol. The van der Waals surface area contributed by atoms with Crippen molar-refractivity contribution in [1.82, 2.24) is 5.32 Å². The second kappa shape index (κ2) is 5.30. The zero-order valence-electron chi connectivity index (χ0n) is 10.1. The predicted octanol–water partition coefficient (Wildman–Crippen LogP) is 2.85. The van der Waals surface area contributed by atoms with Crippen LogP contribution in [0.3, 0.4) is 0 Å². The van der Waals surface area contributed by atoms with Crippen molar-refractivity contribution in [3.05, 3.63) is 35.6 Å². The van der Waals surface area contributed by atoms with E-state index < -0.39 is 0 Å². The van der Waals surface area contributed by atoms with Crippen LogP contribution in [-0.4, -0.2) is 12.5 Å². The molecule has 1 fully saturated rings. The van der Waals surface area contributed by atoms with Gasteiger partial charge in [-0.25, -0.2) is 4.39 Å². The van der Waals surface area contributed by atoms with Crippen molar-refractivity contribution < 1.29 is 9.18 Å². The van der Waals surface area contributed by atoms with Crippen molar-refractivity contribution in [3.63, 3.8) is 0 Å². The summed E-state index contributed by atoms with van der Waals surface area (Å²) in [6.45, 7) is 2.74. The zero-order chi connectivity index (χ0) is 12.3. The van der Waals surface area contributed by atoms with Gasteiger partial charge >= 0.3 is 0 Å². The minimum Gasteiger partial charge on any atom is -0.356 e. The number of hydrogen-bond donors (Lipinski definition) is 1. The van der Waals surface area contributed by atoms with E-state index in [1.54, 1.807) is 12.1 Å². The van der Waals surface area contributed by atoms with Gasteiger partial charge in [0, 0.05) is 6.54 Å². The first kappa shape index (κ1) is 12.1. The number of halogens is 1. The smallest absolute Gasteiger partial charge is 0.227 e. The minimum absolute atomic E-state index is 0.0842. The highest BCUT2D eigenvalue weighted by atomic mass is 19.1. The lowest BCUT2D eigenvalue weighted by atomic mass is 9.93. The monoisotopic (exact) mass is 235 g/mol. The summed E-state index contributed by atoms with van der Waals surface area (Å²) >= 11 is 0. The summed E-state index contributed by atoms with van der Waals surface area (Å²) in [5.74, 6) is 0.178. The fourth-order valence-corrected chi connectivity index (χ4v) is 2.10. The summed E-state index contributed by atoms with van der Waals surface area (Å²) in [6.07, 6.45) is 3.13. The van der Waals surface area contributed by atoms with Crippen molar-refractivity contribution in [1.29, 1.82) is 0 Å². The number of carbonyl (C=O) groups excluding carboxylic acids is 1. The van der Waals surface area contributed by atoms with Crippen LogP contribution in [0.5, 0.6) is 0 Å². The summed E-state index contributed by atoms with van der Waals surface area (Å²) < 4.78 is 12.9. The highest BCUT2D eigenvalue weighted by molar-refractivity contribution is 5.84. The van der Waals surface area contributed by atoms with Crippen LogP contribution in [0.2, 0.25) is 0 Å². The number of rotatable bonds is 5. The first-order valence-corrected chi connectivity index (χ1v) is 6.25. The molecule has 1 aromatic rings. The van der Waals surface area contributed by atoms with Crippen LogP contribution in [0.4, 0.5) is 4.39 Å². The Morgan fingerprint density at radius 2 is 2.06 bits per heavy atom. The molecule has 2 nitrogen and oxygen atoms in total. The molecule has 1 amide bonds. The van der Waals surface area contributed by atoms with Gasteiger partial charge in [-0.1, -0.05) is 19.1 Å². The van der Waals surface area contributed by atoms with Crippen molar-refractivity contribution >= 4 is 5.91 Å². The molecule has 1 aromatic carbocycles. The van der Waals surface area contributed by atoms with Crippen molar-refractivity contribution in [3.8, 4) is 0 Å². The molecule has 1 saturated carbocycles. The van der Waals surface area contributed by atoms with Gasteiger partial charge in [0.2, 0.25) is 5.91 Å². The van der Waals surface area contributed by atoms with E-state index in [1.807, 2.05) is 6.92 Å². The SMILES string of the molecule is CCCNC(=O)C(c1ccc(F)cc1)C1CC1. The second-order valence-corrected chi connectivity index (χ2v) is 4.66. The Morgan fingerprint density at radius 1 is 1.41 bits per heavy atom. The summed E-state index contributed by atoms with van der Waals surface area (Å²) in [4.78, 5) is 12.1. The molecule has 0 radical (unpaired) electrons. The maximum absolute atomic E-state index is 12.9. The third kappa shape index (κ3) is 3.05. The lowest BCUT2D eigenvalue weighted by Crippen LogP contribution is -2.31. The Hall–Kier alpha value is -1.38. The molecule has 1 atom stereocenters. The van der Waals surface area contributed by atoms with Crippen molar-refractivity contribution in [2.45, 2.75) is 32.1 Å². The summed E-state index contributed by atoms with van der Waals surface area (Å²) in [7, 11) is 0. The Kier molecular flexibility index (Phi) is 3.77. The molecule has 0 aromatic heterocycles. The van der Waals surface area contributed by atoms with Gasteiger partial charge in [0.15, 0.2) is 0 Å². The zero-order valence-corrected chi connectivity index (χ0v) is 10.1. The van der Waals surface area contributed by atoms with Gasteiger partial charge in [0.05, 0.1) is 5.92 Å². The number of nitrogens with one attached hydrogen (secondary N) is 1. The average Bonchev–Trinajstić information content (AvgIpc) is 3.14. The molecule has 1 aliphatic carbocycles. The average molecular weight is 235 g/mol. The van der Waals surface area contributed by atoms with Gasteiger partial charge in [-0.15, -0.1) is 0 Å². The Morgan fingerprint density at radius 3 is 2.59 bits per heavy atom. The molecule has 0 heterocycles. The minimum atomic E-state index is -0.253. The van der Waals surface area contributed by atoms with Gasteiger partial charge in [0.25, 0.3) is 0 Å². The highest BCUT2D eigenvalue weighted by Crippen LogP contribution is 2.42. The molecule has 3 heteroatoms. The second-order valence-electron chi connectivity index (χ2n) is 4.66. The van der Waals surface area contributed by atoms with Gasteiger partial charge in [-0.2, -0.15) is 0 Å². The van der Waals surface area contributed by atoms with E-state index in [-0.39, 0.29) is 17.6 Å². The fraction of sp³-hybridized carbons (Fsp3) is 0.500. The normalized spacial score (nSPS) is 16.6. The van der Waals surface area contributed by atoms with Gasteiger partial charge in [0.1, 0.15) is 5.82 Å². The van der Waals surface area contributed by atoms with Gasteiger partial charge < -0.3 is 5.32 Å². The Bertz CT molecular complexity index is 384. The molecule has 92 valence electrons. The number of hydrogen-bond acceptors (Lipinski definition) is 1. The largest absolute Gasteiger partial charge is 0.356 e. The highest BCUT2D eigenvalue weighted by Gasteiger charge is 2.36. The molecule has 0 bridgehead atoms. The first-order chi connectivity index (χ1) is 8.22. The Balaban J connectivity index is 2.11. The number of carbonyl (C=O) groups is 1. The van der Waals surface area contributed by atoms with Crippen LogP contribution in [0.25, 0.3) is 0 Å². The van der Waals surface area contributed by atoms with E-state index in [4.69, 9.17) is 0 Å². The summed E-state index contributed by atoms with van der Waals surface area (Å²) in [5, 5.41) is 2.93. The quantitative estimate of drug-likeness (QED) is 0.835. The van der Waals surface area contributed by atoms with Crippen molar-refractivity contribution in [2.24, 2.45) is 5.92 Å². The summed E-state index contributed by atoms with van der Waals surface area (Å²) in [6, 6.07) is 6.31. The maximum atomic E-state index is 12.9. The molecule has 1 N–H and O–H groups in total. The molecule has 1 aliphatic rings. The van der Waals surface area contributed by atoms with Gasteiger partial charge in [-0.3, -0.25) is 4.79 Å². The maximum Gasteiger partial charge on any atom is 0.227 e. The van der Waals surface area contributed by atoms with Crippen LogP contribution in [0.1, 0.15) is 37.7 Å². The number of benzene rings is 1. The predicted molar refractivity (Wildman–Crippen MR) is 65.2 cm³/mol. The number of amides is 1. The third-order valence-electron chi connectivity index (χ3n) is 3.15. The Labute approximate surface area is 101 Å². The summed E-state index contributed by atoms with van der Waals surface area (Å²) in [5.41, 5.74) is 0.933. The molecule has 0 spiro atoms. The van der Waals surface area contributed by atoms with Crippen LogP contribution >= 0.6 is 0 Å². The molecule has 1 unspecified atom stereocenters. The van der Waals surface area contributed by atoms with E-state index >= 15 is 0 Å². The van der Waals surface area contributed by atoms with E-state index in [9.17, 15) is 9.18 Å². The van der Waals surface area contributed by atoms with Crippen LogP contribution in [0, 0.1) is 11.7 Å². The third-order valence-corrected chi connectivity index (χ3v) is 3.15. The molecule has 2 rings (SSSR count). The molecule has 17 heavy (non-hydrogen) atoms. The fourth-order valence-electron chi connectivity index (χ4n) is 2.10. The van der Waals surface area contributed by atoms with Crippen LogP contribution in [0.15, 0.2) is 24.3 Å². The topological polar surface area (TPSA) is 29.1 Å². The van der Waals surface area contributed by atoms with Crippen LogP contribution < -0.4 is 5.32 Å². The lowest BCUT2D eigenvalue weighted by molar-refractivity contribution is -0.123. The standard InChI is InChI=1S/C14H18FNO/c1-2-9-16-14(17)13(10-3-4-10)11-5-7-12(15)8-6-11/h5-8,10,13H,2-4,9H2,1H3,(H,16,17). The van der Waals surface area contributed by atoms with Crippen molar-refractivity contribution in [2.75, 3.05) is 6.54 Å². The van der Waals surface area contributed by atoms with Gasteiger partial charge in [-0.05, 0) is 42.9 Å². The molecule has 0 saturated heterocycles.